The first-order valence-electron chi connectivity index (χ1n) is 13.9. The van der Waals surface area contributed by atoms with Gasteiger partial charge in [-0.05, 0) is 38.8 Å². The number of benzene rings is 1. The van der Waals surface area contributed by atoms with Gasteiger partial charge < -0.3 is 23.7 Å². The van der Waals surface area contributed by atoms with Gasteiger partial charge in [-0.15, -0.1) is 0 Å². The van der Waals surface area contributed by atoms with Crippen molar-refractivity contribution in [3.63, 3.8) is 0 Å². The Bertz CT molecular complexity index is 1260. The fourth-order valence-corrected chi connectivity index (χ4v) is 7.97. The van der Waals surface area contributed by atoms with Crippen LogP contribution in [-0.2, 0) is 38.1 Å². The minimum atomic E-state index is -1.22. The van der Waals surface area contributed by atoms with E-state index in [1.807, 2.05) is 32.9 Å². The summed E-state index contributed by atoms with van der Waals surface area (Å²) in [6.45, 7) is 10.6. The van der Waals surface area contributed by atoms with Gasteiger partial charge in [0.15, 0.2) is 12.2 Å². The minimum Gasteiger partial charge on any atom is -0.463 e. The second-order valence-corrected chi connectivity index (χ2v) is 12.4. The molecule has 2 saturated heterocycles. The van der Waals surface area contributed by atoms with Crippen molar-refractivity contribution in [2.45, 2.75) is 96.7 Å². The van der Waals surface area contributed by atoms with E-state index < -0.39 is 58.3 Å². The van der Waals surface area contributed by atoms with Crippen molar-refractivity contribution in [1.29, 1.82) is 0 Å². The molecule has 0 radical (unpaired) electrons. The Labute approximate surface area is 234 Å². The average Bonchev–Trinajstić information content (AvgIpc) is 3.25. The lowest BCUT2D eigenvalue weighted by Crippen LogP contribution is -2.78. The maximum atomic E-state index is 13.3. The SMILES string of the molecule is CC(=O)O[C@H]1[C@H](OC(C)=O)[C@]2(C)O[C@]3(CC[C@]2(C)[C@H]2[C@H](OC(=O)c4ccccc4)CC=C(C)[C@]12C)COC(=O)C3. The molecule has 5 rings (SSSR count). The average molecular weight is 555 g/mol. The highest BCUT2D eigenvalue weighted by Gasteiger charge is 2.76. The summed E-state index contributed by atoms with van der Waals surface area (Å²) in [4.78, 5) is 50.7. The first-order chi connectivity index (χ1) is 18.8. The van der Waals surface area contributed by atoms with E-state index in [4.69, 9.17) is 23.7 Å². The normalized spacial score (nSPS) is 40.2. The first-order valence-corrected chi connectivity index (χ1v) is 13.9. The third-order valence-corrected chi connectivity index (χ3v) is 10.1. The van der Waals surface area contributed by atoms with Crippen LogP contribution < -0.4 is 0 Å². The van der Waals surface area contributed by atoms with E-state index in [0.717, 1.165) is 5.57 Å². The molecule has 1 spiro atoms. The van der Waals surface area contributed by atoms with E-state index in [0.29, 0.717) is 24.8 Å². The molecule has 2 heterocycles. The zero-order valence-corrected chi connectivity index (χ0v) is 24.0. The third-order valence-electron chi connectivity index (χ3n) is 10.1. The summed E-state index contributed by atoms with van der Waals surface area (Å²) in [5.41, 5.74) is -2.31. The van der Waals surface area contributed by atoms with Crippen molar-refractivity contribution in [2.24, 2.45) is 16.7 Å². The zero-order valence-electron chi connectivity index (χ0n) is 24.0. The van der Waals surface area contributed by atoms with E-state index in [2.05, 4.69) is 6.92 Å². The van der Waals surface area contributed by atoms with Crippen LogP contribution in [0.15, 0.2) is 42.0 Å². The van der Waals surface area contributed by atoms with Gasteiger partial charge in [0.25, 0.3) is 0 Å². The van der Waals surface area contributed by atoms with E-state index in [1.165, 1.54) is 13.8 Å². The number of carbonyl (C=O) groups is 4. The van der Waals surface area contributed by atoms with Crippen LogP contribution in [0.1, 0.15) is 77.6 Å². The lowest BCUT2D eigenvalue weighted by molar-refractivity contribution is -0.349. The molecule has 0 bridgehead atoms. The number of hydrogen-bond acceptors (Lipinski definition) is 9. The predicted molar refractivity (Wildman–Crippen MR) is 142 cm³/mol. The summed E-state index contributed by atoms with van der Waals surface area (Å²) >= 11 is 0. The van der Waals surface area contributed by atoms with Crippen molar-refractivity contribution in [2.75, 3.05) is 6.61 Å². The largest absolute Gasteiger partial charge is 0.463 e. The molecular weight excluding hydrogens is 516 g/mol. The Morgan fingerprint density at radius 1 is 0.925 bits per heavy atom. The van der Waals surface area contributed by atoms with Crippen LogP contribution in [0.25, 0.3) is 0 Å². The Morgan fingerprint density at radius 3 is 2.17 bits per heavy atom. The van der Waals surface area contributed by atoms with Crippen LogP contribution in [0.3, 0.4) is 0 Å². The Morgan fingerprint density at radius 2 is 1.57 bits per heavy atom. The number of ether oxygens (including phenoxy) is 5. The lowest BCUT2D eigenvalue weighted by atomic mass is 9.41. The van der Waals surface area contributed by atoms with Crippen molar-refractivity contribution in [3.8, 4) is 0 Å². The minimum absolute atomic E-state index is 0.0803. The molecule has 2 aliphatic heterocycles. The summed E-state index contributed by atoms with van der Waals surface area (Å²) < 4.78 is 30.6. The standard InChI is InChI=1S/C31H38O9/c1-18-12-13-22(39-27(35)21-10-8-7-9-11-21)24-28(4)14-15-31(16-23(34)36-17-31)40-30(28,6)26(38-20(3)33)25(29(18,24)5)37-19(2)32/h7-12,22,24-26H,13-17H2,1-6H3/t22-,24-,25+,26+,28-,29+,30+,31+/m1/s1. The van der Waals surface area contributed by atoms with Crippen molar-refractivity contribution in [1.82, 2.24) is 0 Å². The van der Waals surface area contributed by atoms with Crippen LogP contribution in [0.5, 0.6) is 0 Å². The van der Waals surface area contributed by atoms with Gasteiger partial charge in [0.1, 0.15) is 23.9 Å². The second kappa shape index (κ2) is 9.72. The van der Waals surface area contributed by atoms with Gasteiger partial charge in [0, 0.05) is 37.0 Å². The van der Waals surface area contributed by atoms with E-state index in [1.54, 1.807) is 24.3 Å². The van der Waals surface area contributed by atoms with Gasteiger partial charge in [-0.1, -0.05) is 43.7 Å². The summed E-state index contributed by atoms with van der Waals surface area (Å²) in [6.07, 6.45) is 1.15. The highest BCUT2D eigenvalue weighted by molar-refractivity contribution is 5.89. The van der Waals surface area contributed by atoms with Crippen molar-refractivity contribution < 1.29 is 42.9 Å². The second-order valence-electron chi connectivity index (χ2n) is 12.4. The molecule has 1 aromatic carbocycles. The maximum absolute atomic E-state index is 13.3. The Hall–Kier alpha value is -3.20. The number of hydrogen-bond donors (Lipinski definition) is 0. The molecule has 0 aromatic heterocycles. The zero-order chi connectivity index (χ0) is 29.1. The molecular formula is C31H38O9. The van der Waals surface area contributed by atoms with Gasteiger partial charge in [-0.3, -0.25) is 14.4 Å². The number of cyclic esters (lactones) is 1. The predicted octanol–water partition coefficient (Wildman–Crippen LogP) is 4.32. The Balaban J connectivity index is 1.67. The fraction of sp³-hybridized carbons (Fsp3) is 0.613. The van der Waals surface area contributed by atoms with E-state index >= 15 is 0 Å². The molecule has 0 N–H and O–H groups in total. The molecule has 3 fully saturated rings. The highest BCUT2D eigenvalue weighted by Crippen LogP contribution is 2.68. The van der Waals surface area contributed by atoms with Crippen LogP contribution in [0.4, 0.5) is 0 Å². The van der Waals surface area contributed by atoms with E-state index in [-0.39, 0.29) is 24.9 Å². The number of rotatable bonds is 4. The van der Waals surface area contributed by atoms with Gasteiger partial charge in [0.2, 0.25) is 0 Å². The monoisotopic (exact) mass is 554 g/mol. The molecule has 0 amide bonds. The lowest BCUT2D eigenvalue weighted by Gasteiger charge is -2.70. The van der Waals surface area contributed by atoms with E-state index in [9.17, 15) is 19.2 Å². The van der Waals surface area contributed by atoms with Crippen LogP contribution in [-0.4, -0.2) is 60.0 Å². The molecule has 9 nitrogen and oxygen atoms in total. The summed E-state index contributed by atoms with van der Waals surface area (Å²) in [5, 5.41) is 0. The summed E-state index contributed by atoms with van der Waals surface area (Å²) in [7, 11) is 0. The van der Waals surface area contributed by atoms with Gasteiger partial charge in [-0.25, -0.2) is 4.79 Å². The molecule has 1 saturated carbocycles. The molecule has 8 atom stereocenters. The van der Waals surface area contributed by atoms with Crippen LogP contribution >= 0.6 is 0 Å². The molecule has 1 aromatic rings. The Kier molecular flexibility index (Phi) is 6.88. The maximum Gasteiger partial charge on any atom is 0.338 e. The van der Waals surface area contributed by atoms with Gasteiger partial charge in [0.05, 0.1) is 12.0 Å². The first kappa shape index (κ1) is 28.3. The van der Waals surface area contributed by atoms with Crippen LogP contribution in [0, 0.1) is 16.7 Å². The molecule has 9 heteroatoms. The van der Waals surface area contributed by atoms with Gasteiger partial charge in [-0.2, -0.15) is 0 Å². The molecule has 0 unspecified atom stereocenters. The molecule has 4 aliphatic rings. The van der Waals surface area contributed by atoms with Gasteiger partial charge >= 0.3 is 23.9 Å². The van der Waals surface area contributed by atoms with Crippen molar-refractivity contribution >= 4 is 23.9 Å². The topological polar surface area (TPSA) is 114 Å². The number of fused-ring (bicyclic) bond motifs is 3. The number of esters is 4. The molecule has 40 heavy (non-hydrogen) atoms. The van der Waals surface area contributed by atoms with Crippen LogP contribution in [0.2, 0.25) is 0 Å². The molecule has 2 aliphatic carbocycles. The van der Waals surface area contributed by atoms with Crippen molar-refractivity contribution in [3.05, 3.63) is 47.5 Å². The number of carbonyl (C=O) groups excluding carboxylic acids is 4. The summed E-state index contributed by atoms with van der Waals surface area (Å²) in [5.74, 6) is -2.25. The third kappa shape index (κ3) is 4.24. The highest BCUT2D eigenvalue weighted by atomic mass is 16.6. The summed E-state index contributed by atoms with van der Waals surface area (Å²) in [6, 6.07) is 8.82. The molecule has 216 valence electrons. The smallest absolute Gasteiger partial charge is 0.338 e. The fourth-order valence-electron chi connectivity index (χ4n) is 7.97. The quantitative estimate of drug-likeness (QED) is 0.305.